The topological polar surface area (TPSA) is 33.5 Å². The van der Waals surface area contributed by atoms with Crippen LogP contribution in [0.5, 0.6) is 0 Å². The second kappa shape index (κ2) is 8.16. The summed E-state index contributed by atoms with van der Waals surface area (Å²) in [4.78, 5) is 13.3. The Kier molecular flexibility index (Phi) is 6.00. The molecule has 0 amide bonds. The number of fused-ring (bicyclic) bond motifs is 1. The highest BCUT2D eigenvalue weighted by Crippen LogP contribution is 2.22. The fourth-order valence-electron chi connectivity index (χ4n) is 4.20. The summed E-state index contributed by atoms with van der Waals surface area (Å²) < 4.78 is 2.01. The van der Waals surface area contributed by atoms with Crippen LogP contribution in [0.2, 0.25) is 0 Å². The van der Waals surface area contributed by atoms with Gasteiger partial charge in [0.25, 0.3) is 0 Å². The van der Waals surface area contributed by atoms with Gasteiger partial charge in [0.15, 0.2) is 0 Å². The third-order valence-electron chi connectivity index (χ3n) is 5.32. The van der Waals surface area contributed by atoms with Gasteiger partial charge in [-0.1, -0.05) is 37.3 Å². The van der Waals surface area contributed by atoms with Crippen LogP contribution in [0.1, 0.15) is 75.1 Å². The molecule has 0 saturated carbocycles. The molecule has 3 heteroatoms. The predicted octanol–water partition coefficient (Wildman–Crippen LogP) is 5.83. The zero-order valence-electron chi connectivity index (χ0n) is 18.7. The third kappa shape index (κ3) is 5.16. The van der Waals surface area contributed by atoms with Gasteiger partial charge >= 0.3 is 0 Å². The minimum Gasteiger partial charge on any atom is -0.313 e. The molecule has 0 atom stereocenters. The smallest absolute Gasteiger partial charge is 0.210 e. The molecule has 154 valence electrons. The molecule has 0 saturated heterocycles. The van der Waals surface area contributed by atoms with Gasteiger partial charge in [0.1, 0.15) is 0 Å². The van der Waals surface area contributed by atoms with Crippen molar-refractivity contribution in [3.63, 3.8) is 0 Å². The number of benzene rings is 1. The van der Waals surface area contributed by atoms with Crippen molar-refractivity contribution in [3.8, 4) is 0 Å². The summed E-state index contributed by atoms with van der Waals surface area (Å²) in [5, 5.41) is 3.69. The van der Waals surface area contributed by atoms with Gasteiger partial charge in [0.05, 0.1) is 5.69 Å². The highest BCUT2D eigenvalue weighted by molar-refractivity contribution is 6.09. The Morgan fingerprint density at radius 2 is 1.69 bits per heavy atom. The number of rotatable bonds is 7. The Balaban J connectivity index is 1.76. The molecule has 0 bridgehead atoms. The van der Waals surface area contributed by atoms with E-state index in [0.717, 1.165) is 41.6 Å². The molecule has 0 unspecified atom stereocenters. The lowest BCUT2D eigenvalue weighted by Gasteiger charge is -2.35. The van der Waals surface area contributed by atoms with Crippen molar-refractivity contribution in [2.45, 2.75) is 71.9 Å². The molecule has 29 heavy (non-hydrogen) atoms. The summed E-state index contributed by atoms with van der Waals surface area (Å²) >= 11 is 0. The molecule has 0 radical (unpaired) electrons. The molecule has 0 aliphatic carbocycles. The molecule has 2 aromatic heterocycles. The highest BCUT2D eigenvalue weighted by Gasteiger charge is 2.24. The number of aryl methyl sites for hydroxylation is 2. The van der Waals surface area contributed by atoms with Crippen molar-refractivity contribution >= 4 is 11.3 Å². The number of hydrogen-bond acceptors (Lipinski definition) is 2. The molecule has 3 rings (SSSR count). The van der Waals surface area contributed by atoms with E-state index >= 15 is 0 Å². The first kappa shape index (κ1) is 21.3. The van der Waals surface area contributed by atoms with E-state index in [0.29, 0.717) is 0 Å². The first-order valence-electron chi connectivity index (χ1n) is 10.6. The Morgan fingerprint density at radius 3 is 2.31 bits per heavy atom. The Bertz CT molecular complexity index is 988. The van der Waals surface area contributed by atoms with Crippen LogP contribution in [0, 0.1) is 0 Å². The second-order valence-corrected chi connectivity index (χ2v) is 9.65. The number of hydrogen-bond donors (Lipinski definition) is 1. The maximum absolute atomic E-state index is 13.3. The molecular weight excluding hydrogens is 356 g/mol. The van der Waals surface area contributed by atoms with Gasteiger partial charge in [0.2, 0.25) is 5.78 Å². The molecule has 0 aliphatic heterocycles. The van der Waals surface area contributed by atoms with Crippen LogP contribution in [0.25, 0.3) is 5.52 Å². The number of pyridine rings is 1. The molecule has 3 nitrogen and oxygen atoms in total. The monoisotopic (exact) mass is 390 g/mol. The minimum atomic E-state index is 0.0631. The lowest BCUT2D eigenvalue weighted by atomic mass is 9.91. The van der Waals surface area contributed by atoms with Crippen molar-refractivity contribution in [2.75, 3.05) is 0 Å². The molecule has 0 fully saturated rings. The lowest BCUT2D eigenvalue weighted by molar-refractivity contribution is 0.103. The number of ketones is 1. The average Bonchev–Trinajstić information content (AvgIpc) is 3.03. The van der Waals surface area contributed by atoms with E-state index in [-0.39, 0.29) is 16.9 Å². The Morgan fingerprint density at radius 1 is 1.00 bits per heavy atom. The third-order valence-corrected chi connectivity index (χ3v) is 5.32. The van der Waals surface area contributed by atoms with E-state index in [1.807, 2.05) is 40.9 Å². The van der Waals surface area contributed by atoms with Gasteiger partial charge in [-0.15, -0.1) is 0 Å². The van der Waals surface area contributed by atoms with Crippen LogP contribution in [-0.2, 0) is 12.8 Å². The van der Waals surface area contributed by atoms with E-state index in [2.05, 4.69) is 65.1 Å². The molecule has 3 aromatic rings. The summed E-state index contributed by atoms with van der Waals surface area (Å²) in [6.07, 6.45) is 4.84. The normalized spacial score (nSPS) is 12.5. The molecule has 2 heterocycles. The standard InChI is InChI=1S/C26H34N2O/c1-7-20-18-22-10-8-9-17-28(22)23(20)24(29)21-13-11-19(12-14-21)15-16-26(5,6)27-25(2,3)4/h8-14,17-18,27H,7,15-16H2,1-6H3. The van der Waals surface area contributed by atoms with Crippen LogP contribution in [0.3, 0.4) is 0 Å². The van der Waals surface area contributed by atoms with Crippen LogP contribution in [-0.4, -0.2) is 21.3 Å². The maximum Gasteiger partial charge on any atom is 0.210 e. The van der Waals surface area contributed by atoms with Crippen molar-refractivity contribution in [2.24, 2.45) is 0 Å². The maximum atomic E-state index is 13.3. The summed E-state index contributed by atoms with van der Waals surface area (Å²) in [6.45, 7) is 13.2. The molecule has 1 N–H and O–H groups in total. The summed E-state index contributed by atoms with van der Waals surface area (Å²) in [7, 11) is 0. The molecule has 1 aromatic carbocycles. The number of carbonyl (C=O) groups excluding carboxylic acids is 1. The number of nitrogens with zero attached hydrogens (tertiary/aromatic N) is 1. The van der Waals surface area contributed by atoms with Gasteiger partial charge in [-0.05, 0) is 83.2 Å². The SMILES string of the molecule is CCc1cc2ccccn2c1C(=O)c1ccc(CCC(C)(C)NC(C)(C)C)cc1. The zero-order chi connectivity index (χ0) is 21.2. The highest BCUT2D eigenvalue weighted by atomic mass is 16.1. The minimum absolute atomic E-state index is 0.0631. The Labute approximate surface area is 175 Å². The second-order valence-electron chi connectivity index (χ2n) is 9.65. The molecule has 0 aliphatic rings. The van der Waals surface area contributed by atoms with Gasteiger partial charge < -0.3 is 9.72 Å². The van der Waals surface area contributed by atoms with Crippen molar-refractivity contribution in [1.29, 1.82) is 0 Å². The molecular formula is C26H34N2O. The van der Waals surface area contributed by atoms with Crippen molar-refractivity contribution in [3.05, 3.63) is 77.1 Å². The van der Waals surface area contributed by atoms with E-state index in [9.17, 15) is 4.79 Å². The summed E-state index contributed by atoms with van der Waals surface area (Å²) in [5.74, 6) is 0.0920. The van der Waals surface area contributed by atoms with E-state index in [1.165, 1.54) is 5.56 Å². The molecule has 0 spiro atoms. The van der Waals surface area contributed by atoms with Gasteiger partial charge in [-0.3, -0.25) is 4.79 Å². The van der Waals surface area contributed by atoms with Crippen LogP contribution < -0.4 is 5.32 Å². The lowest BCUT2D eigenvalue weighted by Crippen LogP contribution is -2.50. The van der Waals surface area contributed by atoms with E-state index in [1.54, 1.807) is 0 Å². The van der Waals surface area contributed by atoms with Crippen molar-refractivity contribution < 1.29 is 4.79 Å². The van der Waals surface area contributed by atoms with Crippen LogP contribution >= 0.6 is 0 Å². The summed E-state index contributed by atoms with van der Waals surface area (Å²) in [5.41, 5.74) is 5.12. The fourth-order valence-corrected chi connectivity index (χ4v) is 4.20. The average molecular weight is 391 g/mol. The predicted molar refractivity (Wildman–Crippen MR) is 122 cm³/mol. The number of carbonyl (C=O) groups is 1. The first-order chi connectivity index (χ1) is 13.6. The summed E-state index contributed by atoms with van der Waals surface area (Å²) in [6, 6.07) is 16.3. The van der Waals surface area contributed by atoms with Gasteiger partial charge in [0, 0.05) is 28.4 Å². The van der Waals surface area contributed by atoms with E-state index < -0.39 is 0 Å². The van der Waals surface area contributed by atoms with Gasteiger partial charge in [-0.25, -0.2) is 0 Å². The van der Waals surface area contributed by atoms with E-state index in [4.69, 9.17) is 0 Å². The number of nitrogens with one attached hydrogen (secondary N) is 1. The fraction of sp³-hybridized carbons (Fsp3) is 0.423. The van der Waals surface area contributed by atoms with Crippen LogP contribution in [0.15, 0.2) is 54.7 Å². The Hall–Kier alpha value is -2.39. The van der Waals surface area contributed by atoms with Crippen molar-refractivity contribution in [1.82, 2.24) is 9.72 Å². The quantitative estimate of drug-likeness (QED) is 0.515. The number of aromatic nitrogens is 1. The van der Waals surface area contributed by atoms with Crippen LogP contribution in [0.4, 0.5) is 0 Å². The van der Waals surface area contributed by atoms with Gasteiger partial charge in [-0.2, -0.15) is 0 Å². The zero-order valence-corrected chi connectivity index (χ0v) is 18.7. The largest absolute Gasteiger partial charge is 0.313 e. The first-order valence-corrected chi connectivity index (χ1v) is 10.6.